The van der Waals surface area contributed by atoms with E-state index in [9.17, 15) is 5.11 Å². The highest BCUT2D eigenvalue weighted by molar-refractivity contribution is 7.99. The number of aromatic nitrogens is 4. The van der Waals surface area contributed by atoms with Gasteiger partial charge in [0.25, 0.3) is 0 Å². The number of nitrogens with zero attached hydrogens (tertiary/aromatic N) is 4. The number of hydrogen-bond donors (Lipinski definition) is 1. The monoisotopic (exact) mass is 420 g/mol. The van der Waals surface area contributed by atoms with E-state index in [2.05, 4.69) is 15.5 Å². The summed E-state index contributed by atoms with van der Waals surface area (Å²) in [6, 6.07) is 14.9. The summed E-state index contributed by atoms with van der Waals surface area (Å²) in [5.41, 5.74) is 1.82. The Morgan fingerprint density at radius 3 is 2.54 bits per heavy atom. The maximum atomic E-state index is 10.3. The number of thioether (sulfide) groups is 1. The molecule has 1 N–H and O–H groups in total. The predicted octanol–water partition coefficient (Wildman–Crippen LogP) is 3.56. The Hall–Kier alpha value is -2.13. The number of aliphatic hydroxyl groups is 1. The van der Waals surface area contributed by atoms with Crippen molar-refractivity contribution in [3.8, 4) is 11.4 Å². The highest BCUT2D eigenvalue weighted by atomic mass is 35.5. The van der Waals surface area contributed by atoms with Gasteiger partial charge < -0.3 is 14.6 Å². The number of benzene rings is 2. The molecule has 0 aliphatic rings. The van der Waals surface area contributed by atoms with Crippen LogP contribution in [0, 0.1) is 0 Å². The van der Waals surface area contributed by atoms with Crippen LogP contribution < -0.4 is 4.74 Å². The van der Waals surface area contributed by atoms with Crippen LogP contribution in [0.15, 0.2) is 53.7 Å². The lowest BCUT2D eigenvalue weighted by Crippen LogP contribution is -2.19. The quantitative estimate of drug-likeness (QED) is 0.530. The van der Waals surface area contributed by atoms with E-state index < -0.39 is 6.10 Å². The minimum absolute atomic E-state index is 0.137. The average Bonchev–Trinajstić information content (AvgIpc) is 3.19. The Kier molecular flexibility index (Phi) is 7.27. The molecule has 2 atom stereocenters. The van der Waals surface area contributed by atoms with Crippen molar-refractivity contribution in [3.63, 3.8) is 0 Å². The average molecular weight is 421 g/mol. The van der Waals surface area contributed by atoms with E-state index in [0.29, 0.717) is 15.9 Å². The second-order valence-corrected chi connectivity index (χ2v) is 7.49. The molecule has 0 fully saturated rings. The third kappa shape index (κ3) is 5.45. The van der Waals surface area contributed by atoms with Gasteiger partial charge in [0.15, 0.2) is 0 Å². The summed E-state index contributed by atoms with van der Waals surface area (Å²) in [6.45, 7) is 2.15. The van der Waals surface area contributed by atoms with Crippen LogP contribution in [0.3, 0.4) is 0 Å². The molecular weight excluding hydrogens is 400 g/mol. The molecule has 28 heavy (non-hydrogen) atoms. The number of methoxy groups -OCH3 is 1. The number of ether oxygens (including phenoxy) is 2. The maximum Gasteiger partial charge on any atom is 0.214 e. The Balaban J connectivity index is 1.51. The predicted molar refractivity (Wildman–Crippen MR) is 108 cm³/mol. The van der Waals surface area contributed by atoms with Gasteiger partial charge in [0.1, 0.15) is 5.75 Å². The summed E-state index contributed by atoms with van der Waals surface area (Å²) in [4.78, 5) is 0. The first-order valence-electron chi connectivity index (χ1n) is 8.67. The van der Waals surface area contributed by atoms with Crippen molar-refractivity contribution in [1.29, 1.82) is 0 Å². The summed E-state index contributed by atoms with van der Waals surface area (Å²) < 4.78 is 12.5. The summed E-state index contributed by atoms with van der Waals surface area (Å²) in [7, 11) is 1.62. The zero-order valence-electron chi connectivity index (χ0n) is 15.5. The first kappa shape index (κ1) is 20.6. The smallest absolute Gasteiger partial charge is 0.214 e. The van der Waals surface area contributed by atoms with Crippen LogP contribution in [-0.2, 0) is 4.74 Å². The van der Waals surface area contributed by atoms with Crippen LogP contribution in [0.4, 0.5) is 0 Å². The van der Waals surface area contributed by atoms with Crippen molar-refractivity contribution in [2.75, 3.05) is 19.5 Å². The van der Waals surface area contributed by atoms with E-state index in [0.717, 1.165) is 17.0 Å². The van der Waals surface area contributed by atoms with Crippen molar-refractivity contribution in [2.45, 2.75) is 24.3 Å². The highest BCUT2D eigenvalue weighted by Crippen LogP contribution is 2.22. The molecule has 2 aromatic carbocycles. The van der Waals surface area contributed by atoms with Gasteiger partial charge in [-0.25, -0.2) is 0 Å². The van der Waals surface area contributed by atoms with Gasteiger partial charge in [0.05, 0.1) is 31.6 Å². The first-order chi connectivity index (χ1) is 13.6. The number of rotatable bonds is 9. The van der Waals surface area contributed by atoms with Gasteiger partial charge in [-0.05, 0) is 59.3 Å². The number of hydrogen-bond acceptors (Lipinski definition) is 7. The van der Waals surface area contributed by atoms with Gasteiger partial charge in [-0.2, -0.15) is 4.68 Å². The normalized spacial score (nSPS) is 13.3. The first-order valence-corrected chi connectivity index (χ1v) is 10.0. The fraction of sp³-hybridized carbons (Fsp3) is 0.316. The topological polar surface area (TPSA) is 82.3 Å². The molecule has 3 rings (SSSR count). The van der Waals surface area contributed by atoms with E-state index in [-0.39, 0.29) is 12.7 Å². The molecule has 0 spiro atoms. The van der Waals surface area contributed by atoms with E-state index >= 15 is 0 Å². The van der Waals surface area contributed by atoms with Gasteiger partial charge >= 0.3 is 0 Å². The molecule has 0 aliphatic heterocycles. The summed E-state index contributed by atoms with van der Waals surface area (Å²) in [5, 5.41) is 23.3. The minimum Gasteiger partial charge on any atom is -0.497 e. The van der Waals surface area contributed by atoms with Crippen molar-refractivity contribution in [3.05, 3.63) is 59.1 Å². The van der Waals surface area contributed by atoms with Crippen LogP contribution in [0.5, 0.6) is 5.75 Å². The van der Waals surface area contributed by atoms with Gasteiger partial charge in [0.2, 0.25) is 5.16 Å². The molecule has 3 aromatic rings. The third-order valence-electron chi connectivity index (χ3n) is 4.04. The zero-order chi connectivity index (χ0) is 19.9. The van der Waals surface area contributed by atoms with Crippen LogP contribution >= 0.6 is 23.4 Å². The summed E-state index contributed by atoms with van der Waals surface area (Å²) in [6.07, 6.45) is -0.790. The third-order valence-corrected chi connectivity index (χ3v) is 5.36. The van der Waals surface area contributed by atoms with Crippen LogP contribution in [0.1, 0.15) is 18.6 Å². The van der Waals surface area contributed by atoms with Crippen molar-refractivity contribution >= 4 is 23.4 Å². The summed E-state index contributed by atoms with van der Waals surface area (Å²) >= 11 is 7.26. The fourth-order valence-corrected chi connectivity index (χ4v) is 3.38. The van der Waals surface area contributed by atoms with Crippen LogP contribution in [0.2, 0.25) is 5.02 Å². The molecule has 0 unspecified atom stereocenters. The van der Waals surface area contributed by atoms with Gasteiger partial charge in [-0.1, -0.05) is 35.5 Å². The molecule has 0 amide bonds. The Labute approximate surface area is 172 Å². The van der Waals surface area contributed by atoms with E-state index in [1.165, 1.54) is 11.8 Å². The SMILES string of the molecule is COc1ccc(-n2nnnc2SC[C@H](O)CO[C@H](C)c2ccc(Cl)cc2)cc1. The zero-order valence-corrected chi connectivity index (χ0v) is 17.1. The second-order valence-electron chi connectivity index (χ2n) is 6.06. The molecule has 9 heteroatoms. The van der Waals surface area contributed by atoms with Crippen molar-refractivity contribution in [1.82, 2.24) is 20.2 Å². The lowest BCUT2D eigenvalue weighted by molar-refractivity contribution is 0.00621. The number of tetrazole rings is 1. The number of aliphatic hydroxyl groups excluding tert-OH is 1. The Bertz CT molecular complexity index is 874. The standard InChI is InChI=1S/C19H21ClN4O3S/c1-13(14-3-5-15(20)6-4-14)27-11-17(25)12-28-19-21-22-23-24(19)16-7-9-18(26-2)10-8-16/h3-10,13,17,25H,11-12H2,1-2H3/t13-,17-/m1/s1. The van der Waals surface area contributed by atoms with Crippen molar-refractivity contribution < 1.29 is 14.6 Å². The molecule has 0 aliphatic carbocycles. The molecule has 0 bridgehead atoms. The second kappa shape index (κ2) is 9.88. The largest absolute Gasteiger partial charge is 0.497 e. The van der Waals surface area contributed by atoms with E-state index in [4.69, 9.17) is 21.1 Å². The maximum absolute atomic E-state index is 10.3. The lowest BCUT2D eigenvalue weighted by atomic mass is 10.1. The van der Waals surface area contributed by atoms with E-state index in [1.54, 1.807) is 11.8 Å². The molecule has 148 valence electrons. The highest BCUT2D eigenvalue weighted by Gasteiger charge is 2.14. The molecule has 0 saturated heterocycles. The molecule has 0 saturated carbocycles. The van der Waals surface area contributed by atoms with Crippen LogP contribution in [-0.4, -0.2) is 50.9 Å². The Morgan fingerprint density at radius 2 is 1.86 bits per heavy atom. The Morgan fingerprint density at radius 1 is 1.14 bits per heavy atom. The summed E-state index contributed by atoms with van der Waals surface area (Å²) in [5.74, 6) is 1.16. The lowest BCUT2D eigenvalue weighted by Gasteiger charge is -2.16. The molecule has 7 nitrogen and oxygen atoms in total. The van der Waals surface area contributed by atoms with Gasteiger partial charge in [0, 0.05) is 10.8 Å². The van der Waals surface area contributed by atoms with E-state index in [1.807, 2.05) is 55.5 Å². The van der Waals surface area contributed by atoms with Crippen LogP contribution in [0.25, 0.3) is 5.69 Å². The van der Waals surface area contributed by atoms with Crippen molar-refractivity contribution in [2.24, 2.45) is 0 Å². The fourth-order valence-electron chi connectivity index (χ4n) is 2.46. The molecule has 1 heterocycles. The minimum atomic E-state index is -0.652. The van der Waals surface area contributed by atoms with Gasteiger partial charge in [-0.15, -0.1) is 5.10 Å². The molecule has 1 aromatic heterocycles. The number of halogens is 1. The molecular formula is C19H21ClN4O3S. The van der Waals surface area contributed by atoms with Gasteiger partial charge in [-0.3, -0.25) is 0 Å². The molecule has 0 radical (unpaired) electrons.